The lowest BCUT2D eigenvalue weighted by Crippen LogP contribution is -2.56. The normalized spacial score (nSPS) is 20.7. The van der Waals surface area contributed by atoms with Crippen molar-refractivity contribution in [2.24, 2.45) is 0 Å². The number of imidazole rings is 1. The molecule has 3 N–H and O–H groups in total. The predicted molar refractivity (Wildman–Crippen MR) is 78.5 cm³/mol. The number of carboxylic acids is 1. The van der Waals surface area contributed by atoms with Crippen molar-refractivity contribution in [3.8, 4) is 0 Å². The van der Waals surface area contributed by atoms with Crippen molar-refractivity contribution in [3.63, 3.8) is 0 Å². The highest BCUT2D eigenvalue weighted by Gasteiger charge is 2.43. The molecule has 1 saturated carbocycles. The minimum atomic E-state index is -1.04. The van der Waals surface area contributed by atoms with Gasteiger partial charge in [-0.1, -0.05) is 0 Å². The minimum Gasteiger partial charge on any atom is -0.477 e. The molecule has 3 rings (SSSR count). The average Bonchev–Trinajstić information content (AvgIpc) is 2.93. The SMILES string of the molecule is O=C(O)c1cnc(C2(NC(=O)N3CCSCC3)CCC2)[nH]1. The van der Waals surface area contributed by atoms with Gasteiger partial charge in [-0.2, -0.15) is 11.8 Å². The number of aromatic nitrogens is 2. The summed E-state index contributed by atoms with van der Waals surface area (Å²) in [6.45, 7) is 1.51. The van der Waals surface area contributed by atoms with E-state index in [1.54, 1.807) is 0 Å². The number of hydrogen-bond acceptors (Lipinski definition) is 4. The van der Waals surface area contributed by atoms with E-state index in [1.165, 1.54) is 6.20 Å². The summed E-state index contributed by atoms with van der Waals surface area (Å²) in [5, 5.41) is 12.0. The van der Waals surface area contributed by atoms with E-state index < -0.39 is 11.5 Å². The molecule has 2 fully saturated rings. The number of rotatable bonds is 3. The van der Waals surface area contributed by atoms with Crippen molar-refractivity contribution in [2.75, 3.05) is 24.6 Å². The van der Waals surface area contributed by atoms with E-state index in [1.807, 2.05) is 16.7 Å². The highest BCUT2D eigenvalue weighted by atomic mass is 32.2. The molecular weight excluding hydrogens is 292 g/mol. The van der Waals surface area contributed by atoms with Crippen LogP contribution in [0.4, 0.5) is 4.79 Å². The summed E-state index contributed by atoms with van der Waals surface area (Å²) in [7, 11) is 0. The number of carbonyl (C=O) groups excluding carboxylic acids is 1. The number of thioether (sulfide) groups is 1. The number of H-pyrrole nitrogens is 1. The fourth-order valence-corrected chi connectivity index (χ4v) is 3.58. The molecule has 1 saturated heterocycles. The molecule has 0 unspecified atom stereocenters. The lowest BCUT2D eigenvalue weighted by molar-refractivity contribution is 0.0690. The Morgan fingerprint density at radius 2 is 2.10 bits per heavy atom. The van der Waals surface area contributed by atoms with E-state index in [2.05, 4.69) is 15.3 Å². The van der Waals surface area contributed by atoms with Gasteiger partial charge in [0.15, 0.2) is 0 Å². The van der Waals surface area contributed by atoms with E-state index in [9.17, 15) is 9.59 Å². The maximum atomic E-state index is 12.4. The van der Waals surface area contributed by atoms with Crippen LogP contribution in [0.15, 0.2) is 6.20 Å². The van der Waals surface area contributed by atoms with Crippen LogP contribution in [0, 0.1) is 0 Å². The van der Waals surface area contributed by atoms with Gasteiger partial charge >= 0.3 is 12.0 Å². The molecule has 1 aliphatic heterocycles. The van der Waals surface area contributed by atoms with Gasteiger partial charge in [-0.3, -0.25) is 0 Å². The first-order chi connectivity index (χ1) is 10.1. The third-order valence-electron chi connectivity index (χ3n) is 4.11. The number of nitrogens with one attached hydrogen (secondary N) is 2. The topological polar surface area (TPSA) is 98.3 Å². The molecule has 7 nitrogen and oxygen atoms in total. The Balaban J connectivity index is 1.73. The van der Waals surface area contributed by atoms with Gasteiger partial charge in [0.25, 0.3) is 0 Å². The fraction of sp³-hybridized carbons (Fsp3) is 0.615. The van der Waals surface area contributed by atoms with E-state index in [4.69, 9.17) is 5.11 Å². The second-order valence-corrected chi connectivity index (χ2v) is 6.64. The van der Waals surface area contributed by atoms with Gasteiger partial charge in [-0.25, -0.2) is 14.6 Å². The van der Waals surface area contributed by atoms with Crippen LogP contribution in [0.5, 0.6) is 0 Å². The molecule has 0 bridgehead atoms. The molecule has 8 heteroatoms. The Labute approximate surface area is 126 Å². The summed E-state index contributed by atoms with van der Waals surface area (Å²) in [4.78, 5) is 32.1. The molecule has 114 valence electrons. The van der Waals surface area contributed by atoms with Gasteiger partial charge in [0.2, 0.25) is 0 Å². The number of hydrogen-bond donors (Lipinski definition) is 3. The number of amides is 2. The quantitative estimate of drug-likeness (QED) is 0.780. The average molecular weight is 310 g/mol. The van der Waals surface area contributed by atoms with Crippen molar-refractivity contribution < 1.29 is 14.7 Å². The lowest BCUT2D eigenvalue weighted by Gasteiger charge is -2.42. The molecule has 0 spiro atoms. The van der Waals surface area contributed by atoms with E-state index >= 15 is 0 Å². The molecule has 1 aliphatic carbocycles. The second kappa shape index (κ2) is 5.59. The third kappa shape index (κ3) is 2.72. The molecule has 0 radical (unpaired) electrons. The Bertz CT molecular complexity index is 549. The zero-order valence-electron chi connectivity index (χ0n) is 11.6. The minimum absolute atomic E-state index is 0.0555. The summed E-state index contributed by atoms with van der Waals surface area (Å²) >= 11 is 1.85. The molecule has 0 atom stereocenters. The fourth-order valence-electron chi connectivity index (χ4n) is 2.67. The number of carboxylic acid groups (broad SMARTS) is 1. The van der Waals surface area contributed by atoms with Gasteiger partial charge < -0.3 is 20.3 Å². The molecule has 2 amide bonds. The predicted octanol–water partition coefficient (Wildman–Crippen LogP) is 1.25. The summed E-state index contributed by atoms with van der Waals surface area (Å²) in [6.07, 6.45) is 3.88. The van der Waals surface area contributed by atoms with Crippen molar-refractivity contribution in [3.05, 3.63) is 17.7 Å². The largest absolute Gasteiger partial charge is 0.477 e. The lowest BCUT2D eigenvalue weighted by atomic mass is 9.76. The van der Waals surface area contributed by atoms with Gasteiger partial charge in [-0.05, 0) is 19.3 Å². The van der Waals surface area contributed by atoms with Crippen molar-refractivity contribution in [2.45, 2.75) is 24.8 Å². The van der Waals surface area contributed by atoms with Crippen LogP contribution in [0.1, 0.15) is 35.6 Å². The molecule has 0 aromatic carbocycles. The van der Waals surface area contributed by atoms with E-state index in [0.717, 1.165) is 43.9 Å². The van der Waals surface area contributed by atoms with Crippen LogP contribution < -0.4 is 5.32 Å². The monoisotopic (exact) mass is 310 g/mol. The van der Waals surface area contributed by atoms with Gasteiger partial charge in [0, 0.05) is 24.6 Å². The first-order valence-corrected chi connectivity index (χ1v) is 8.20. The van der Waals surface area contributed by atoms with Crippen LogP contribution in [-0.4, -0.2) is 56.6 Å². The van der Waals surface area contributed by atoms with Gasteiger partial charge in [-0.15, -0.1) is 0 Å². The highest BCUT2D eigenvalue weighted by molar-refractivity contribution is 7.99. The summed E-state index contributed by atoms with van der Waals surface area (Å²) < 4.78 is 0. The molecule has 2 aliphatic rings. The number of nitrogens with zero attached hydrogens (tertiary/aromatic N) is 2. The van der Waals surface area contributed by atoms with Crippen molar-refractivity contribution >= 4 is 23.8 Å². The Morgan fingerprint density at radius 3 is 2.62 bits per heavy atom. The summed E-state index contributed by atoms with van der Waals surface area (Å²) in [6, 6.07) is -0.0803. The highest BCUT2D eigenvalue weighted by Crippen LogP contribution is 2.40. The van der Waals surface area contributed by atoms with E-state index in [-0.39, 0.29) is 11.7 Å². The first kappa shape index (κ1) is 14.2. The van der Waals surface area contributed by atoms with E-state index in [0.29, 0.717) is 5.82 Å². The molecule has 1 aromatic rings. The van der Waals surface area contributed by atoms with Crippen molar-refractivity contribution in [1.29, 1.82) is 0 Å². The molecule has 2 heterocycles. The standard InChI is InChI=1S/C13H18N4O3S/c18-10(19)9-8-14-11(15-9)13(2-1-3-13)16-12(20)17-4-6-21-7-5-17/h8H,1-7H2,(H,14,15)(H,16,20)(H,18,19). The maximum absolute atomic E-state index is 12.4. The Morgan fingerprint density at radius 1 is 1.38 bits per heavy atom. The first-order valence-electron chi connectivity index (χ1n) is 7.04. The number of aromatic amines is 1. The number of urea groups is 1. The number of aromatic carboxylic acids is 1. The Hall–Kier alpha value is -1.70. The smallest absolute Gasteiger partial charge is 0.353 e. The third-order valence-corrected chi connectivity index (χ3v) is 5.05. The summed E-state index contributed by atoms with van der Waals surface area (Å²) in [5.41, 5.74) is -0.477. The zero-order valence-corrected chi connectivity index (χ0v) is 12.4. The molecule has 21 heavy (non-hydrogen) atoms. The zero-order chi connectivity index (χ0) is 14.9. The molecular formula is C13H18N4O3S. The van der Waals surface area contributed by atoms with Crippen molar-refractivity contribution in [1.82, 2.24) is 20.2 Å². The van der Waals surface area contributed by atoms with Crippen LogP contribution in [-0.2, 0) is 5.54 Å². The van der Waals surface area contributed by atoms with Gasteiger partial charge in [0.1, 0.15) is 11.5 Å². The maximum Gasteiger partial charge on any atom is 0.353 e. The number of carbonyl (C=O) groups is 2. The second-order valence-electron chi connectivity index (χ2n) is 5.42. The van der Waals surface area contributed by atoms with Crippen LogP contribution in [0.25, 0.3) is 0 Å². The Kier molecular flexibility index (Phi) is 3.79. The summed E-state index contributed by atoms with van der Waals surface area (Å²) in [5.74, 6) is 1.43. The van der Waals surface area contributed by atoms with Crippen LogP contribution in [0.3, 0.4) is 0 Å². The molecule has 1 aromatic heterocycles. The van der Waals surface area contributed by atoms with Crippen LogP contribution >= 0.6 is 11.8 Å². The van der Waals surface area contributed by atoms with Crippen LogP contribution in [0.2, 0.25) is 0 Å². The van der Waals surface area contributed by atoms with Gasteiger partial charge in [0.05, 0.1) is 11.7 Å².